The number of nitrogens with one attached hydrogen (secondary N) is 1. The monoisotopic (exact) mass is 290 g/mol. The summed E-state index contributed by atoms with van der Waals surface area (Å²) in [6.45, 7) is 7.75. The molecular weight excluding hydrogens is 264 g/mol. The van der Waals surface area contributed by atoms with Gasteiger partial charge >= 0.3 is 0 Å². The van der Waals surface area contributed by atoms with Gasteiger partial charge in [-0.3, -0.25) is 0 Å². The Labute approximate surface area is 127 Å². The third-order valence-corrected chi connectivity index (χ3v) is 4.21. The Morgan fingerprint density at radius 2 is 2.14 bits per heavy atom. The molecule has 0 aromatic heterocycles. The maximum absolute atomic E-state index is 5.68. The van der Waals surface area contributed by atoms with Crippen molar-refractivity contribution < 1.29 is 9.47 Å². The molecule has 0 amide bonds. The Morgan fingerprint density at radius 3 is 2.95 bits per heavy atom. The van der Waals surface area contributed by atoms with Crippen LogP contribution >= 0.6 is 0 Å². The van der Waals surface area contributed by atoms with Gasteiger partial charge in [-0.05, 0) is 62.4 Å². The molecule has 3 rings (SSSR count). The van der Waals surface area contributed by atoms with Crippen LogP contribution in [0.15, 0.2) is 18.2 Å². The minimum Gasteiger partial charge on any atom is -0.468 e. The van der Waals surface area contributed by atoms with Crippen LogP contribution in [0.3, 0.4) is 0 Å². The molecule has 0 unspecified atom stereocenters. The first-order valence-corrected chi connectivity index (χ1v) is 8.10. The van der Waals surface area contributed by atoms with Gasteiger partial charge in [-0.15, -0.1) is 0 Å². The number of benzene rings is 1. The first kappa shape index (κ1) is 14.7. The van der Waals surface area contributed by atoms with E-state index < -0.39 is 0 Å². The lowest BCUT2D eigenvalue weighted by Crippen LogP contribution is -2.28. The molecular formula is C17H26N2O2. The molecule has 1 aliphatic heterocycles. The predicted molar refractivity (Wildman–Crippen MR) is 85.0 cm³/mol. The van der Waals surface area contributed by atoms with E-state index in [0.29, 0.717) is 6.79 Å². The topological polar surface area (TPSA) is 33.7 Å². The summed E-state index contributed by atoms with van der Waals surface area (Å²) in [5.74, 6) is 1.69. The van der Waals surface area contributed by atoms with Crippen molar-refractivity contribution in [3.8, 4) is 5.75 Å². The molecule has 1 saturated heterocycles. The Hall–Kier alpha value is -1.26. The number of rotatable bonds is 6. The summed E-state index contributed by atoms with van der Waals surface area (Å²) >= 11 is 0. The van der Waals surface area contributed by atoms with Crippen LogP contribution in [-0.4, -0.2) is 39.6 Å². The maximum Gasteiger partial charge on any atom is 0.189 e. The highest BCUT2D eigenvalue weighted by Gasteiger charge is 2.21. The van der Waals surface area contributed by atoms with Crippen molar-refractivity contribution >= 4 is 5.69 Å². The van der Waals surface area contributed by atoms with Gasteiger partial charge < -0.3 is 19.7 Å². The van der Waals surface area contributed by atoms with Crippen LogP contribution in [0.2, 0.25) is 0 Å². The number of nitrogens with zero attached hydrogens (tertiary/aromatic N) is 1. The number of hydrogen-bond donors (Lipinski definition) is 1. The normalized spacial score (nSPS) is 19.4. The Kier molecular flexibility index (Phi) is 4.99. The van der Waals surface area contributed by atoms with Gasteiger partial charge in [0.15, 0.2) is 6.79 Å². The molecule has 0 radical (unpaired) electrons. The number of hydrogen-bond acceptors (Lipinski definition) is 4. The second kappa shape index (κ2) is 7.14. The van der Waals surface area contributed by atoms with Crippen molar-refractivity contribution in [2.24, 2.45) is 5.92 Å². The maximum atomic E-state index is 5.68. The Morgan fingerprint density at radius 1 is 1.24 bits per heavy atom. The summed E-state index contributed by atoms with van der Waals surface area (Å²) in [6, 6.07) is 6.35. The van der Waals surface area contributed by atoms with Crippen LogP contribution in [0.4, 0.5) is 5.69 Å². The molecule has 1 aromatic carbocycles. The Bertz CT molecular complexity index is 452. The van der Waals surface area contributed by atoms with E-state index in [-0.39, 0.29) is 0 Å². The first-order chi connectivity index (χ1) is 10.3. The van der Waals surface area contributed by atoms with Crippen molar-refractivity contribution in [1.82, 2.24) is 5.32 Å². The zero-order valence-corrected chi connectivity index (χ0v) is 12.9. The minimum atomic E-state index is 0.364. The lowest BCUT2D eigenvalue weighted by molar-refractivity contribution is 0.00996. The van der Waals surface area contributed by atoms with E-state index in [2.05, 4.69) is 35.3 Å². The summed E-state index contributed by atoms with van der Waals surface area (Å²) < 4.78 is 11.2. The summed E-state index contributed by atoms with van der Waals surface area (Å²) in [6.07, 6.45) is 3.84. The van der Waals surface area contributed by atoms with Crippen molar-refractivity contribution in [3.63, 3.8) is 0 Å². The van der Waals surface area contributed by atoms with E-state index in [1.807, 2.05) is 0 Å². The third kappa shape index (κ3) is 4.35. The van der Waals surface area contributed by atoms with Gasteiger partial charge in [0.25, 0.3) is 0 Å². The van der Waals surface area contributed by atoms with Gasteiger partial charge in [0, 0.05) is 25.3 Å². The van der Waals surface area contributed by atoms with Gasteiger partial charge in [0.1, 0.15) is 5.75 Å². The molecule has 1 saturated carbocycles. The van der Waals surface area contributed by atoms with Crippen molar-refractivity contribution in [1.29, 1.82) is 0 Å². The van der Waals surface area contributed by atoms with Crippen LogP contribution in [0.5, 0.6) is 5.75 Å². The van der Waals surface area contributed by atoms with Gasteiger partial charge in [-0.2, -0.15) is 0 Å². The molecule has 0 bridgehead atoms. The second-order valence-corrected chi connectivity index (χ2v) is 6.12. The molecule has 0 atom stereocenters. The highest BCUT2D eigenvalue weighted by molar-refractivity contribution is 5.56. The molecule has 4 heteroatoms. The minimum absolute atomic E-state index is 0.364. The first-order valence-electron chi connectivity index (χ1n) is 8.10. The fourth-order valence-corrected chi connectivity index (χ4v) is 2.77. The van der Waals surface area contributed by atoms with Crippen LogP contribution in [0, 0.1) is 12.8 Å². The van der Waals surface area contributed by atoms with Crippen molar-refractivity contribution in [2.45, 2.75) is 26.2 Å². The molecule has 1 aliphatic carbocycles. The summed E-state index contributed by atoms with van der Waals surface area (Å²) in [7, 11) is 0. The molecule has 2 aliphatic rings. The molecule has 2 fully saturated rings. The van der Waals surface area contributed by atoms with Crippen molar-refractivity contribution in [2.75, 3.05) is 44.5 Å². The van der Waals surface area contributed by atoms with E-state index in [1.54, 1.807) is 0 Å². The highest BCUT2D eigenvalue weighted by Crippen LogP contribution is 2.29. The summed E-state index contributed by atoms with van der Waals surface area (Å²) in [5, 5.41) is 3.44. The van der Waals surface area contributed by atoms with Crippen LogP contribution < -0.4 is 15.0 Å². The molecule has 1 heterocycles. The third-order valence-electron chi connectivity index (χ3n) is 4.21. The molecule has 116 valence electrons. The molecule has 1 N–H and O–H groups in total. The molecule has 4 nitrogen and oxygen atoms in total. The van der Waals surface area contributed by atoms with E-state index in [0.717, 1.165) is 44.5 Å². The van der Waals surface area contributed by atoms with Crippen LogP contribution in [0.1, 0.15) is 24.8 Å². The van der Waals surface area contributed by atoms with Crippen LogP contribution in [0.25, 0.3) is 0 Å². The predicted octanol–water partition coefficient (Wildman–Crippen LogP) is 2.56. The molecule has 0 spiro atoms. The number of anilines is 1. The van der Waals surface area contributed by atoms with E-state index in [9.17, 15) is 0 Å². The van der Waals surface area contributed by atoms with Gasteiger partial charge in [-0.25, -0.2) is 0 Å². The lowest BCUT2D eigenvalue weighted by Gasteiger charge is -2.24. The zero-order chi connectivity index (χ0) is 14.5. The zero-order valence-electron chi connectivity index (χ0n) is 12.9. The van der Waals surface area contributed by atoms with E-state index in [1.165, 1.54) is 30.5 Å². The highest BCUT2D eigenvalue weighted by atomic mass is 16.7. The fraction of sp³-hybridized carbons (Fsp3) is 0.647. The average Bonchev–Trinajstić information content (AvgIpc) is 3.31. The average molecular weight is 290 g/mol. The van der Waals surface area contributed by atoms with Gasteiger partial charge in [-0.1, -0.05) is 0 Å². The van der Waals surface area contributed by atoms with Gasteiger partial charge in [0.05, 0.1) is 6.61 Å². The van der Waals surface area contributed by atoms with Gasteiger partial charge in [0.2, 0.25) is 0 Å². The molecule has 21 heavy (non-hydrogen) atoms. The lowest BCUT2D eigenvalue weighted by atomic mass is 10.1. The largest absolute Gasteiger partial charge is 0.468 e. The second-order valence-electron chi connectivity index (χ2n) is 6.12. The number of aryl methyl sites for hydroxylation is 1. The summed E-state index contributed by atoms with van der Waals surface area (Å²) in [4.78, 5) is 2.46. The van der Waals surface area contributed by atoms with E-state index >= 15 is 0 Å². The quantitative estimate of drug-likeness (QED) is 0.645. The summed E-state index contributed by atoms with van der Waals surface area (Å²) in [5.41, 5.74) is 2.60. The fourth-order valence-electron chi connectivity index (χ4n) is 2.77. The molecule has 1 aromatic rings. The Balaban J connectivity index is 1.53. The number of ether oxygens (including phenoxy) is 2. The van der Waals surface area contributed by atoms with E-state index in [4.69, 9.17) is 9.47 Å². The smallest absolute Gasteiger partial charge is 0.189 e. The van der Waals surface area contributed by atoms with Crippen molar-refractivity contribution in [3.05, 3.63) is 23.8 Å². The standard InChI is InChI=1S/C17H26N2O2/c1-14-11-16(21-13-20-12-15-3-4-15)5-6-17(14)19-9-2-7-18-8-10-19/h5-6,11,15,18H,2-4,7-10,12-13H2,1H3. The SMILES string of the molecule is Cc1cc(OCOCC2CC2)ccc1N1CCCNCC1. The van der Waals surface area contributed by atoms with Crippen LogP contribution in [-0.2, 0) is 4.74 Å².